The zero-order chi connectivity index (χ0) is 13.3. The lowest BCUT2D eigenvalue weighted by Crippen LogP contribution is -1.88. The van der Waals surface area contributed by atoms with Crippen LogP contribution in [0, 0.1) is 5.92 Å². The van der Waals surface area contributed by atoms with Gasteiger partial charge in [-0.3, -0.25) is 0 Å². The van der Waals surface area contributed by atoms with Gasteiger partial charge in [-0.15, -0.1) is 0 Å². The van der Waals surface area contributed by atoms with E-state index in [4.69, 9.17) is 0 Å². The first kappa shape index (κ1) is 16.2. The van der Waals surface area contributed by atoms with Gasteiger partial charge in [0.1, 0.15) is 0 Å². The van der Waals surface area contributed by atoms with E-state index in [0.717, 1.165) is 6.42 Å². The highest BCUT2D eigenvalue weighted by molar-refractivity contribution is 5.49. The van der Waals surface area contributed by atoms with Gasteiger partial charge in [-0.2, -0.15) is 0 Å². The molecular formula is C17H30. The first-order valence-corrected chi connectivity index (χ1v) is 7.09. The van der Waals surface area contributed by atoms with Gasteiger partial charge < -0.3 is 0 Å². The second-order valence-corrected chi connectivity index (χ2v) is 5.02. The SMILES string of the molecule is C=C(C1=C(CCCC)C1)C(C)C.CC=CCC. The molecule has 1 aliphatic carbocycles. The van der Waals surface area contributed by atoms with Crippen molar-refractivity contribution in [3.05, 3.63) is 35.5 Å². The molecule has 0 saturated carbocycles. The second-order valence-electron chi connectivity index (χ2n) is 5.02. The summed E-state index contributed by atoms with van der Waals surface area (Å²) in [4.78, 5) is 0. The predicted molar refractivity (Wildman–Crippen MR) is 80.3 cm³/mol. The molecule has 0 heteroatoms. The maximum atomic E-state index is 4.12. The van der Waals surface area contributed by atoms with Crippen molar-refractivity contribution in [1.29, 1.82) is 0 Å². The lowest BCUT2D eigenvalue weighted by atomic mass is 10.0. The molecule has 0 heterocycles. The molecule has 0 aromatic rings. The molecule has 0 bridgehead atoms. The van der Waals surface area contributed by atoms with Gasteiger partial charge in [-0.25, -0.2) is 0 Å². The predicted octanol–water partition coefficient (Wildman–Crippen LogP) is 6.06. The molecule has 98 valence electrons. The van der Waals surface area contributed by atoms with Crippen LogP contribution in [0.15, 0.2) is 35.5 Å². The molecule has 0 saturated heterocycles. The van der Waals surface area contributed by atoms with E-state index < -0.39 is 0 Å². The highest BCUT2D eigenvalue weighted by Gasteiger charge is 2.23. The highest BCUT2D eigenvalue weighted by Crippen LogP contribution is 2.41. The van der Waals surface area contributed by atoms with Gasteiger partial charge in [-0.05, 0) is 49.7 Å². The van der Waals surface area contributed by atoms with Crippen LogP contribution in [-0.4, -0.2) is 0 Å². The molecule has 1 aliphatic rings. The van der Waals surface area contributed by atoms with Crippen molar-refractivity contribution in [2.45, 2.75) is 66.7 Å². The molecular weight excluding hydrogens is 204 g/mol. The molecule has 0 amide bonds. The Bertz CT molecular complexity index is 276. The number of hydrogen-bond donors (Lipinski definition) is 0. The van der Waals surface area contributed by atoms with Gasteiger partial charge in [0.25, 0.3) is 0 Å². The quantitative estimate of drug-likeness (QED) is 0.490. The highest BCUT2D eigenvalue weighted by atomic mass is 14.3. The summed E-state index contributed by atoms with van der Waals surface area (Å²) in [6.07, 6.45) is 10.6. The summed E-state index contributed by atoms with van der Waals surface area (Å²) in [6.45, 7) is 15.0. The summed E-state index contributed by atoms with van der Waals surface area (Å²) in [7, 11) is 0. The van der Waals surface area contributed by atoms with Crippen molar-refractivity contribution in [2.75, 3.05) is 0 Å². The van der Waals surface area contributed by atoms with Crippen molar-refractivity contribution in [3.63, 3.8) is 0 Å². The molecule has 0 spiro atoms. The summed E-state index contributed by atoms with van der Waals surface area (Å²) in [6, 6.07) is 0. The van der Waals surface area contributed by atoms with Crippen molar-refractivity contribution >= 4 is 0 Å². The fourth-order valence-corrected chi connectivity index (χ4v) is 1.72. The smallest absolute Gasteiger partial charge is 0.00588 e. The molecule has 0 N–H and O–H groups in total. The first-order chi connectivity index (χ1) is 8.08. The van der Waals surface area contributed by atoms with Gasteiger partial charge in [0.15, 0.2) is 0 Å². The molecule has 0 aromatic heterocycles. The number of hydrogen-bond acceptors (Lipinski definition) is 0. The lowest BCUT2D eigenvalue weighted by molar-refractivity contribution is 0.786. The van der Waals surface area contributed by atoms with Crippen LogP contribution in [0.3, 0.4) is 0 Å². The van der Waals surface area contributed by atoms with E-state index in [1.165, 1.54) is 31.3 Å². The third-order valence-electron chi connectivity index (χ3n) is 3.08. The second kappa shape index (κ2) is 9.27. The standard InChI is InChI=1S/C12H20.C5H10/c1-5-6-7-11-8-12(11)10(4)9(2)3;1-3-5-4-2/h9H,4-8H2,1-3H3;3,5H,4H2,1-2H3. The zero-order valence-corrected chi connectivity index (χ0v) is 12.5. The zero-order valence-electron chi connectivity index (χ0n) is 12.5. The normalized spacial score (nSPS) is 14.0. The van der Waals surface area contributed by atoms with E-state index in [2.05, 4.69) is 46.4 Å². The first-order valence-electron chi connectivity index (χ1n) is 7.09. The van der Waals surface area contributed by atoms with Crippen molar-refractivity contribution in [2.24, 2.45) is 5.92 Å². The molecule has 0 aliphatic heterocycles. The van der Waals surface area contributed by atoms with Crippen molar-refractivity contribution in [3.8, 4) is 0 Å². The number of rotatable bonds is 6. The molecule has 0 atom stereocenters. The summed E-state index contributed by atoms with van der Waals surface area (Å²) >= 11 is 0. The largest absolute Gasteiger partial charge is 0.0953 e. The maximum Gasteiger partial charge on any atom is -0.00588 e. The van der Waals surface area contributed by atoms with E-state index >= 15 is 0 Å². The van der Waals surface area contributed by atoms with Gasteiger partial charge >= 0.3 is 0 Å². The Labute approximate surface area is 109 Å². The monoisotopic (exact) mass is 234 g/mol. The molecule has 1 rings (SSSR count). The van der Waals surface area contributed by atoms with E-state index in [9.17, 15) is 0 Å². The van der Waals surface area contributed by atoms with Gasteiger partial charge in [-0.1, -0.05) is 58.4 Å². The average molecular weight is 234 g/mol. The molecule has 0 aromatic carbocycles. The van der Waals surface area contributed by atoms with Crippen LogP contribution < -0.4 is 0 Å². The molecule has 17 heavy (non-hydrogen) atoms. The van der Waals surface area contributed by atoms with Crippen LogP contribution in [0.2, 0.25) is 0 Å². The van der Waals surface area contributed by atoms with Crippen LogP contribution in [0.1, 0.15) is 66.7 Å². The van der Waals surface area contributed by atoms with Crippen LogP contribution >= 0.6 is 0 Å². The third kappa shape index (κ3) is 7.20. The minimum Gasteiger partial charge on any atom is -0.0953 e. The summed E-state index contributed by atoms with van der Waals surface area (Å²) in [5.41, 5.74) is 4.63. The number of unbranched alkanes of at least 4 members (excludes halogenated alkanes) is 1. The van der Waals surface area contributed by atoms with Gasteiger partial charge in [0, 0.05) is 0 Å². The summed E-state index contributed by atoms with van der Waals surface area (Å²) < 4.78 is 0. The Hall–Kier alpha value is -0.780. The Balaban J connectivity index is 0.000000437. The Kier molecular flexibility index (Phi) is 8.85. The summed E-state index contributed by atoms with van der Waals surface area (Å²) in [5, 5.41) is 0. The Morgan fingerprint density at radius 1 is 1.35 bits per heavy atom. The molecule has 0 fully saturated rings. The van der Waals surface area contributed by atoms with Crippen molar-refractivity contribution in [1.82, 2.24) is 0 Å². The maximum absolute atomic E-state index is 4.12. The van der Waals surface area contributed by atoms with E-state index in [0.29, 0.717) is 5.92 Å². The Morgan fingerprint density at radius 2 is 2.00 bits per heavy atom. The molecule has 0 radical (unpaired) electrons. The molecule has 0 nitrogen and oxygen atoms in total. The van der Waals surface area contributed by atoms with Crippen molar-refractivity contribution < 1.29 is 0 Å². The minimum absolute atomic E-state index is 0.638. The van der Waals surface area contributed by atoms with Crippen LogP contribution in [-0.2, 0) is 0 Å². The van der Waals surface area contributed by atoms with E-state index in [1.807, 2.05) is 6.92 Å². The minimum atomic E-state index is 0.638. The third-order valence-corrected chi connectivity index (χ3v) is 3.08. The van der Waals surface area contributed by atoms with E-state index in [-0.39, 0.29) is 0 Å². The van der Waals surface area contributed by atoms with Crippen LogP contribution in [0.25, 0.3) is 0 Å². The average Bonchev–Trinajstić information content (AvgIpc) is 3.06. The number of allylic oxidation sites excluding steroid dienone is 5. The lowest BCUT2D eigenvalue weighted by Gasteiger charge is -2.02. The Morgan fingerprint density at radius 3 is 2.35 bits per heavy atom. The topological polar surface area (TPSA) is 0 Å². The fourth-order valence-electron chi connectivity index (χ4n) is 1.72. The summed E-state index contributed by atoms with van der Waals surface area (Å²) in [5.74, 6) is 0.638. The van der Waals surface area contributed by atoms with Crippen LogP contribution in [0.5, 0.6) is 0 Å². The van der Waals surface area contributed by atoms with Gasteiger partial charge in [0.2, 0.25) is 0 Å². The van der Waals surface area contributed by atoms with Gasteiger partial charge in [0.05, 0.1) is 0 Å². The fraction of sp³-hybridized carbons (Fsp3) is 0.647. The molecule has 0 unspecified atom stereocenters. The van der Waals surface area contributed by atoms with Crippen LogP contribution in [0.4, 0.5) is 0 Å². The van der Waals surface area contributed by atoms with E-state index in [1.54, 1.807) is 11.1 Å².